The van der Waals surface area contributed by atoms with Gasteiger partial charge in [0.05, 0.1) is 9.77 Å². The third-order valence-corrected chi connectivity index (χ3v) is 7.74. The van der Waals surface area contributed by atoms with Crippen molar-refractivity contribution in [3.8, 4) is 0 Å². The van der Waals surface area contributed by atoms with Gasteiger partial charge in [0.25, 0.3) is 5.91 Å². The summed E-state index contributed by atoms with van der Waals surface area (Å²) in [5, 5.41) is 0. The molecular formula is C18H22N2O3S2. The Morgan fingerprint density at radius 1 is 1.12 bits per heavy atom. The lowest BCUT2D eigenvalue weighted by Crippen LogP contribution is -2.50. The van der Waals surface area contributed by atoms with Gasteiger partial charge in [0.1, 0.15) is 0 Å². The van der Waals surface area contributed by atoms with Crippen LogP contribution < -0.4 is 0 Å². The third kappa shape index (κ3) is 3.63. The van der Waals surface area contributed by atoms with Crippen LogP contribution in [0.4, 0.5) is 0 Å². The number of carbonyl (C=O) groups excluding carboxylic acids is 1. The number of hydrogen-bond acceptors (Lipinski definition) is 4. The lowest BCUT2D eigenvalue weighted by Gasteiger charge is -2.33. The first-order valence-corrected chi connectivity index (χ1v) is 10.6. The van der Waals surface area contributed by atoms with Gasteiger partial charge >= 0.3 is 0 Å². The number of sulfonamides is 1. The van der Waals surface area contributed by atoms with Crippen molar-refractivity contribution in [2.75, 3.05) is 26.2 Å². The molecule has 0 saturated carbocycles. The van der Waals surface area contributed by atoms with Gasteiger partial charge in [-0.15, -0.1) is 11.3 Å². The maximum atomic E-state index is 12.7. The van der Waals surface area contributed by atoms with E-state index < -0.39 is 10.0 Å². The molecule has 7 heteroatoms. The fourth-order valence-corrected chi connectivity index (χ4v) is 5.53. The van der Waals surface area contributed by atoms with Gasteiger partial charge in [0, 0.05) is 31.1 Å². The Bertz CT molecular complexity index is 852. The van der Waals surface area contributed by atoms with Crippen LogP contribution >= 0.6 is 11.3 Å². The van der Waals surface area contributed by atoms with Gasteiger partial charge in [-0.05, 0) is 37.1 Å². The third-order valence-electron chi connectivity index (χ3n) is 4.46. The van der Waals surface area contributed by atoms with E-state index in [1.54, 1.807) is 46.6 Å². The Kier molecular flexibility index (Phi) is 5.27. The first-order chi connectivity index (χ1) is 11.9. The summed E-state index contributed by atoms with van der Waals surface area (Å²) in [5.74, 6) is 0.00422. The van der Waals surface area contributed by atoms with Crippen molar-refractivity contribution in [3.63, 3.8) is 0 Å². The van der Waals surface area contributed by atoms with Crippen molar-refractivity contribution in [1.29, 1.82) is 0 Å². The number of amides is 1. The van der Waals surface area contributed by atoms with Crippen molar-refractivity contribution < 1.29 is 13.2 Å². The minimum Gasteiger partial charge on any atom is -0.335 e. The van der Waals surface area contributed by atoms with Crippen LogP contribution in [0.25, 0.3) is 0 Å². The molecule has 0 aliphatic carbocycles. The molecule has 2 aromatic rings. The summed E-state index contributed by atoms with van der Waals surface area (Å²) in [6.07, 6.45) is 0.923. The van der Waals surface area contributed by atoms with E-state index in [0.717, 1.165) is 16.9 Å². The summed E-state index contributed by atoms with van der Waals surface area (Å²) in [4.78, 5) is 16.7. The molecule has 1 aromatic heterocycles. The highest BCUT2D eigenvalue weighted by Crippen LogP contribution is 2.25. The molecule has 0 unspecified atom stereocenters. The smallest absolute Gasteiger partial charge is 0.264 e. The second-order valence-corrected chi connectivity index (χ2v) is 9.15. The van der Waals surface area contributed by atoms with Crippen LogP contribution in [0, 0.1) is 6.92 Å². The number of nitrogens with zero attached hydrogens (tertiary/aromatic N) is 2. The molecule has 3 rings (SSSR count). The van der Waals surface area contributed by atoms with Crippen molar-refractivity contribution >= 4 is 27.3 Å². The molecule has 5 nitrogen and oxygen atoms in total. The molecule has 0 atom stereocenters. The molecule has 0 N–H and O–H groups in total. The van der Waals surface area contributed by atoms with Crippen LogP contribution in [-0.4, -0.2) is 49.7 Å². The van der Waals surface area contributed by atoms with Gasteiger partial charge in [-0.1, -0.05) is 25.1 Å². The van der Waals surface area contributed by atoms with E-state index >= 15 is 0 Å². The van der Waals surface area contributed by atoms with Gasteiger partial charge < -0.3 is 4.90 Å². The monoisotopic (exact) mass is 378 g/mol. The average Bonchev–Trinajstić information content (AvgIpc) is 3.02. The Hall–Kier alpha value is -1.70. The standard InChI is InChI=1S/C18H22N2O3S2/c1-3-16-14(2)13-17(24-16)18(21)19-9-11-20(12-10-19)25(22,23)15-7-5-4-6-8-15/h4-8,13H,3,9-12H2,1-2H3. The molecule has 1 aliphatic heterocycles. The van der Waals surface area contributed by atoms with Crippen LogP contribution in [0.2, 0.25) is 0 Å². The maximum Gasteiger partial charge on any atom is 0.264 e. The Morgan fingerprint density at radius 2 is 1.76 bits per heavy atom. The minimum atomic E-state index is -3.48. The molecule has 1 saturated heterocycles. The second kappa shape index (κ2) is 7.27. The quantitative estimate of drug-likeness (QED) is 0.822. The largest absolute Gasteiger partial charge is 0.335 e. The highest BCUT2D eigenvalue weighted by atomic mass is 32.2. The van der Waals surface area contributed by atoms with Crippen LogP contribution in [0.15, 0.2) is 41.3 Å². The summed E-state index contributed by atoms with van der Waals surface area (Å²) in [7, 11) is -3.48. The van der Waals surface area contributed by atoms with E-state index in [1.165, 1.54) is 9.18 Å². The average molecular weight is 379 g/mol. The maximum absolute atomic E-state index is 12.7. The number of thiophene rings is 1. The zero-order valence-electron chi connectivity index (χ0n) is 14.4. The fourth-order valence-electron chi connectivity index (χ4n) is 3.01. The highest BCUT2D eigenvalue weighted by Gasteiger charge is 2.30. The normalized spacial score (nSPS) is 16.2. The molecular weight excluding hydrogens is 356 g/mol. The number of piperazine rings is 1. The Labute approximate surface area is 152 Å². The first-order valence-electron chi connectivity index (χ1n) is 8.37. The van der Waals surface area contributed by atoms with Crippen molar-refractivity contribution in [2.24, 2.45) is 0 Å². The zero-order chi connectivity index (χ0) is 18.0. The van der Waals surface area contributed by atoms with Crippen LogP contribution in [-0.2, 0) is 16.4 Å². The second-order valence-electron chi connectivity index (χ2n) is 6.08. The van der Waals surface area contributed by atoms with E-state index in [4.69, 9.17) is 0 Å². The van der Waals surface area contributed by atoms with Gasteiger partial charge in [-0.25, -0.2) is 8.42 Å². The topological polar surface area (TPSA) is 57.7 Å². The SMILES string of the molecule is CCc1sc(C(=O)N2CCN(S(=O)(=O)c3ccccc3)CC2)cc1C. The predicted octanol–water partition coefficient (Wildman–Crippen LogP) is 2.77. The number of carbonyl (C=O) groups is 1. The molecule has 1 amide bonds. The van der Waals surface area contributed by atoms with Gasteiger partial charge in [0.15, 0.2) is 0 Å². The molecule has 1 aliphatic rings. The summed E-state index contributed by atoms with van der Waals surface area (Å²) in [6.45, 7) is 5.60. The highest BCUT2D eigenvalue weighted by molar-refractivity contribution is 7.89. The fraction of sp³-hybridized carbons (Fsp3) is 0.389. The number of rotatable bonds is 4. The Balaban J connectivity index is 1.68. The molecule has 1 fully saturated rings. The van der Waals surface area contributed by atoms with Gasteiger partial charge in [-0.2, -0.15) is 4.31 Å². The lowest BCUT2D eigenvalue weighted by molar-refractivity contribution is 0.0702. The minimum absolute atomic E-state index is 0.00422. The molecule has 25 heavy (non-hydrogen) atoms. The van der Waals surface area contributed by atoms with E-state index in [2.05, 4.69) is 6.92 Å². The van der Waals surface area contributed by atoms with E-state index in [0.29, 0.717) is 31.1 Å². The van der Waals surface area contributed by atoms with Crippen molar-refractivity contribution in [1.82, 2.24) is 9.21 Å². The Morgan fingerprint density at radius 3 is 2.32 bits per heavy atom. The zero-order valence-corrected chi connectivity index (χ0v) is 16.1. The summed E-state index contributed by atoms with van der Waals surface area (Å²) < 4.78 is 26.8. The first kappa shape index (κ1) is 18.1. The molecule has 2 heterocycles. The summed E-state index contributed by atoms with van der Waals surface area (Å²) in [6, 6.07) is 10.4. The number of benzene rings is 1. The van der Waals surface area contributed by atoms with E-state index in [1.807, 2.05) is 13.0 Å². The van der Waals surface area contributed by atoms with Crippen molar-refractivity contribution in [3.05, 3.63) is 51.7 Å². The van der Waals surface area contributed by atoms with E-state index in [9.17, 15) is 13.2 Å². The molecule has 134 valence electrons. The summed E-state index contributed by atoms with van der Waals surface area (Å²) in [5.41, 5.74) is 1.15. The van der Waals surface area contributed by atoms with Gasteiger partial charge in [-0.3, -0.25) is 4.79 Å². The lowest BCUT2D eigenvalue weighted by atomic mass is 10.2. The number of hydrogen-bond donors (Lipinski definition) is 0. The van der Waals surface area contributed by atoms with Crippen molar-refractivity contribution in [2.45, 2.75) is 25.2 Å². The predicted molar refractivity (Wildman–Crippen MR) is 99.5 cm³/mol. The van der Waals surface area contributed by atoms with Crippen LogP contribution in [0.1, 0.15) is 27.0 Å². The summed E-state index contributed by atoms with van der Waals surface area (Å²) >= 11 is 1.54. The van der Waals surface area contributed by atoms with Crippen LogP contribution in [0.3, 0.4) is 0 Å². The number of aryl methyl sites for hydroxylation is 2. The van der Waals surface area contributed by atoms with Crippen LogP contribution in [0.5, 0.6) is 0 Å². The molecule has 0 bridgehead atoms. The molecule has 1 aromatic carbocycles. The molecule has 0 radical (unpaired) electrons. The molecule has 0 spiro atoms. The van der Waals surface area contributed by atoms with E-state index in [-0.39, 0.29) is 5.91 Å². The van der Waals surface area contributed by atoms with Gasteiger partial charge in [0.2, 0.25) is 10.0 Å².